The number of ketones is 2. The lowest BCUT2D eigenvalue weighted by atomic mass is 9.78. The average Bonchev–Trinajstić information content (AvgIpc) is 2.63. The predicted molar refractivity (Wildman–Crippen MR) is 121 cm³/mol. The summed E-state index contributed by atoms with van der Waals surface area (Å²) in [7, 11) is 0. The zero-order valence-electron chi connectivity index (χ0n) is 20.0. The van der Waals surface area contributed by atoms with Gasteiger partial charge in [-0.3, -0.25) is 9.59 Å². The van der Waals surface area contributed by atoms with E-state index in [9.17, 15) is 9.59 Å². The summed E-state index contributed by atoms with van der Waals surface area (Å²) < 4.78 is 2.22. The van der Waals surface area contributed by atoms with E-state index in [0.29, 0.717) is 12.8 Å². The van der Waals surface area contributed by atoms with Gasteiger partial charge >= 0.3 is 0 Å². The Morgan fingerprint density at radius 1 is 0.793 bits per heavy atom. The molecule has 0 aromatic carbocycles. The second kappa shape index (κ2) is 11.6. The van der Waals surface area contributed by atoms with Gasteiger partial charge in [0.25, 0.3) is 0 Å². The third-order valence-electron chi connectivity index (χ3n) is 5.69. The van der Waals surface area contributed by atoms with Gasteiger partial charge in [-0.2, -0.15) is 0 Å². The summed E-state index contributed by atoms with van der Waals surface area (Å²) in [5.74, 6) is 0.387. The molecule has 0 spiro atoms. The molecule has 0 radical (unpaired) electrons. The number of aryl methyl sites for hydroxylation is 1. The van der Waals surface area contributed by atoms with Crippen LogP contribution in [0.2, 0.25) is 0 Å². The molecule has 0 fully saturated rings. The van der Waals surface area contributed by atoms with Gasteiger partial charge in [-0.25, -0.2) is 4.57 Å². The molecule has 0 aliphatic heterocycles. The summed E-state index contributed by atoms with van der Waals surface area (Å²) in [5, 5.41) is 0. The molecule has 0 saturated carbocycles. The number of aromatic nitrogens is 1. The van der Waals surface area contributed by atoms with E-state index in [1.165, 1.54) is 38.5 Å². The molecule has 3 heteroatoms. The first kappa shape index (κ1) is 25.5. The van der Waals surface area contributed by atoms with Gasteiger partial charge in [0.15, 0.2) is 12.4 Å². The fourth-order valence-corrected chi connectivity index (χ4v) is 3.33. The van der Waals surface area contributed by atoms with Crippen LogP contribution in [0.25, 0.3) is 0 Å². The number of Topliss-reactive ketones (excluding diaryl/α,β-unsaturated/α-hetero) is 2. The Balaban J connectivity index is 2.79. The monoisotopic (exact) mass is 402 g/mol. The first-order valence-corrected chi connectivity index (χ1v) is 11.5. The van der Waals surface area contributed by atoms with Crippen molar-refractivity contribution >= 4 is 11.6 Å². The largest absolute Gasteiger partial charge is 0.299 e. The van der Waals surface area contributed by atoms with Crippen LogP contribution in [0.15, 0.2) is 24.5 Å². The van der Waals surface area contributed by atoms with Crippen LogP contribution < -0.4 is 4.57 Å². The average molecular weight is 403 g/mol. The number of hydrogen-bond acceptors (Lipinski definition) is 2. The predicted octanol–water partition coefficient (Wildman–Crippen LogP) is 6.43. The normalized spacial score (nSPS) is 12.4. The maximum Gasteiger partial charge on any atom is 0.169 e. The fraction of sp³-hybridized carbons (Fsp3) is 0.731. The van der Waals surface area contributed by atoms with E-state index in [4.69, 9.17) is 0 Å². The lowest BCUT2D eigenvalue weighted by Gasteiger charge is -2.24. The van der Waals surface area contributed by atoms with E-state index in [1.807, 2.05) is 41.5 Å². The molecule has 0 atom stereocenters. The molecule has 29 heavy (non-hydrogen) atoms. The van der Waals surface area contributed by atoms with Crippen molar-refractivity contribution < 1.29 is 14.2 Å². The summed E-state index contributed by atoms with van der Waals surface area (Å²) in [5.41, 5.74) is 0.338. The van der Waals surface area contributed by atoms with E-state index in [1.54, 1.807) is 0 Å². The molecular weight excluding hydrogens is 358 g/mol. The van der Waals surface area contributed by atoms with E-state index >= 15 is 0 Å². The Labute approximate surface area is 179 Å². The van der Waals surface area contributed by atoms with Crippen LogP contribution >= 0.6 is 0 Å². The molecule has 0 saturated heterocycles. The maximum absolute atomic E-state index is 12.7. The van der Waals surface area contributed by atoms with Gasteiger partial charge in [-0.15, -0.1) is 0 Å². The van der Waals surface area contributed by atoms with Gasteiger partial charge in [0, 0.05) is 42.2 Å². The molecule has 0 aliphatic rings. The van der Waals surface area contributed by atoms with Gasteiger partial charge in [0.1, 0.15) is 18.1 Å². The van der Waals surface area contributed by atoms with E-state index < -0.39 is 0 Å². The summed E-state index contributed by atoms with van der Waals surface area (Å²) >= 11 is 0. The SMILES string of the molecule is CCCCCCCC[n+]1ccc(C(CC(=O)C(C)(C)C)CC(=O)C(C)(C)C)cc1. The topological polar surface area (TPSA) is 38.0 Å². The van der Waals surface area contributed by atoms with E-state index in [0.717, 1.165) is 12.1 Å². The summed E-state index contributed by atoms with van der Waals surface area (Å²) in [6.45, 7) is 15.0. The van der Waals surface area contributed by atoms with Gasteiger partial charge in [0.05, 0.1) is 0 Å². The highest BCUT2D eigenvalue weighted by atomic mass is 16.1. The second-order valence-corrected chi connectivity index (χ2v) is 10.6. The Bertz CT molecular complexity index is 604. The van der Waals surface area contributed by atoms with Crippen molar-refractivity contribution in [1.29, 1.82) is 0 Å². The van der Waals surface area contributed by atoms with Crippen LogP contribution in [0, 0.1) is 10.8 Å². The van der Waals surface area contributed by atoms with Crippen molar-refractivity contribution in [3.63, 3.8) is 0 Å². The van der Waals surface area contributed by atoms with Crippen LogP contribution in [0.3, 0.4) is 0 Å². The number of hydrogen-bond donors (Lipinski definition) is 0. The zero-order valence-corrected chi connectivity index (χ0v) is 20.0. The van der Waals surface area contributed by atoms with Crippen molar-refractivity contribution in [3.8, 4) is 0 Å². The number of carbonyl (C=O) groups is 2. The van der Waals surface area contributed by atoms with Crippen LogP contribution in [-0.4, -0.2) is 11.6 Å². The van der Waals surface area contributed by atoms with Crippen LogP contribution in [0.1, 0.15) is 111 Å². The lowest BCUT2D eigenvalue weighted by molar-refractivity contribution is -0.697. The summed E-state index contributed by atoms with van der Waals surface area (Å²) in [4.78, 5) is 25.4. The highest BCUT2D eigenvalue weighted by molar-refractivity contribution is 5.87. The molecule has 0 unspecified atom stereocenters. The van der Waals surface area contributed by atoms with E-state index in [2.05, 4.69) is 36.0 Å². The highest BCUT2D eigenvalue weighted by Gasteiger charge is 2.30. The molecule has 1 heterocycles. The third-order valence-corrected chi connectivity index (χ3v) is 5.69. The smallest absolute Gasteiger partial charge is 0.169 e. The van der Waals surface area contributed by atoms with Gasteiger partial charge in [-0.1, -0.05) is 74.1 Å². The Hall–Kier alpha value is -1.51. The Morgan fingerprint density at radius 3 is 1.69 bits per heavy atom. The Kier molecular flexibility index (Phi) is 10.2. The quantitative estimate of drug-likeness (QED) is 0.298. The van der Waals surface area contributed by atoms with Crippen molar-refractivity contribution in [1.82, 2.24) is 0 Å². The minimum Gasteiger partial charge on any atom is -0.299 e. The molecule has 0 N–H and O–H groups in total. The van der Waals surface area contributed by atoms with Crippen molar-refractivity contribution in [2.75, 3.05) is 0 Å². The van der Waals surface area contributed by atoms with Crippen molar-refractivity contribution in [2.45, 2.75) is 112 Å². The summed E-state index contributed by atoms with van der Waals surface area (Å²) in [6, 6.07) is 4.21. The lowest BCUT2D eigenvalue weighted by Crippen LogP contribution is -2.33. The summed E-state index contributed by atoms with van der Waals surface area (Å²) in [6.07, 6.45) is 12.8. The van der Waals surface area contributed by atoms with Crippen LogP contribution in [0.5, 0.6) is 0 Å². The number of unbranched alkanes of at least 4 members (excludes halogenated alkanes) is 5. The van der Waals surface area contributed by atoms with Gasteiger partial charge in [0.2, 0.25) is 0 Å². The fourth-order valence-electron chi connectivity index (χ4n) is 3.33. The molecule has 0 amide bonds. The van der Waals surface area contributed by atoms with Crippen molar-refractivity contribution in [2.24, 2.45) is 10.8 Å². The molecule has 3 nitrogen and oxygen atoms in total. The number of carbonyl (C=O) groups excluding carboxylic acids is 2. The van der Waals surface area contributed by atoms with Gasteiger partial charge < -0.3 is 0 Å². The number of nitrogens with zero attached hydrogens (tertiary/aromatic N) is 1. The molecule has 0 bridgehead atoms. The number of rotatable bonds is 12. The van der Waals surface area contributed by atoms with E-state index in [-0.39, 0.29) is 28.3 Å². The molecule has 1 aromatic rings. The van der Waals surface area contributed by atoms with Crippen molar-refractivity contribution in [3.05, 3.63) is 30.1 Å². The molecule has 1 rings (SSSR count). The second-order valence-electron chi connectivity index (χ2n) is 10.6. The number of pyridine rings is 1. The van der Waals surface area contributed by atoms with Gasteiger partial charge in [-0.05, 0) is 17.9 Å². The highest BCUT2D eigenvalue weighted by Crippen LogP contribution is 2.31. The van der Waals surface area contributed by atoms with Crippen LogP contribution in [0.4, 0.5) is 0 Å². The molecule has 164 valence electrons. The minimum atomic E-state index is -0.379. The molecule has 1 aromatic heterocycles. The standard InChI is InChI=1S/C26H44NO2/c1-8-9-10-11-12-13-16-27-17-14-21(15-18-27)22(19-23(28)25(2,3)4)20-24(29)26(5,6)7/h14-15,17-18,22H,8-13,16,19-20H2,1-7H3/q+1. The zero-order chi connectivity index (χ0) is 22.1. The first-order valence-electron chi connectivity index (χ1n) is 11.5. The minimum absolute atomic E-state index is 0.0443. The molecular formula is C26H44NO2+. The Morgan fingerprint density at radius 2 is 1.24 bits per heavy atom. The van der Waals surface area contributed by atoms with Crippen LogP contribution in [-0.2, 0) is 16.1 Å². The molecule has 0 aliphatic carbocycles. The third kappa shape index (κ3) is 9.69. The maximum atomic E-state index is 12.7. The first-order chi connectivity index (χ1) is 13.4.